The van der Waals surface area contributed by atoms with Gasteiger partial charge in [0.1, 0.15) is 12.1 Å². The molecule has 0 heterocycles. The standard InChI is InChI=1S/C15H28N4O6/c1-8(2)12(15(24)25)19-14(23)10(5-3-4-6-16)18-13(22)9(17)7-11(20)21/h8-10,12H,3-7,16-17H2,1-2H3,(H,18,22)(H,19,23)(H,20,21)(H,24,25). The summed E-state index contributed by atoms with van der Waals surface area (Å²) in [5.41, 5.74) is 10.9. The quantitative estimate of drug-likeness (QED) is 0.230. The predicted octanol–water partition coefficient (Wildman–Crippen LogP) is -1.37. The molecule has 2 amide bonds. The number of carbonyl (C=O) groups is 4. The highest BCUT2D eigenvalue weighted by Gasteiger charge is 2.29. The molecule has 0 saturated carbocycles. The van der Waals surface area contributed by atoms with Gasteiger partial charge in [-0.05, 0) is 31.7 Å². The van der Waals surface area contributed by atoms with Crippen LogP contribution in [0, 0.1) is 5.92 Å². The molecule has 0 aliphatic heterocycles. The Hall–Kier alpha value is -2.20. The van der Waals surface area contributed by atoms with E-state index in [2.05, 4.69) is 10.6 Å². The van der Waals surface area contributed by atoms with Crippen LogP contribution < -0.4 is 22.1 Å². The fourth-order valence-corrected chi connectivity index (χ4v) is 2.09. The zero-order valence-electron chi connectivity index (χ0n) is 14.5. The molecule has 0 aromatic heterocycles. The van der Waals surface area contributed by atoms with Crippen LogP contribution in [0.25, 0.3) is 0 Å². The van der Waals surface area contributed by atoms with E-state index in [1.165, 1.54) is 0 Å². The molecule has 0 bridgehead atoms. The number of carboxylic acids is 2. The lowest BCUT2D eigenvalue weighted by Gasteiger charge is -2.24. The van der Waals surface area contributed by atoms with E-state index in [-0.39, 0.29) is 12.3 Å². The highest BCUT2D eigenvalue weighted by molar-refractivity contribution is 5.92. The van der Waals surface area contributed by atoms with Crippen LogP contribution in [0.1, 0.15) is 39.5 Å². The SMILES string of the molecule is CC(C)C(NC(=O)C(CCCCN)NC(=O)C(N)CC(=O)O)C(=O)O. The largest absolute Gasteiger partial charge is 0.481 e. The van der Waals surface area contributed by atoms with E-state index in [4.69, 9.17) is 21.7 Å². The van der Waals surface area contributed by atoms with Gasteiger partial charge >= 0.3 is 11.9 Å². The summed E-state index contributed by atoms with van der Waals surface area (Å²) < 4.78 is 0. The van der Waals surface area contributed by atoms with Crippen molar-refractivity contribution in [2.24, 2.45) is 17.4 Å². The van der Waals surface area contributed by atoms with Crippen LogP contribution in [-0.2, 0) is 19.2 Å². The van der Waals surface area contributed by atoms with Crippen molar-refractivity contribution in [3.8, 4) is 0 Å². The number of aliphatic carboxylic acids is 2. The van der Waals surface area contributed by atoms with Crippen molar-refractivity contribution in [1.29, 1.82) is 0 Å². The number of unbranched alkanes of at least 4 members (excludes halogenated alkanes) is 1. The second-order valence-electron chi connectivity index (χ2n) is 6.12. The molecule has 0 aliphatic rings. The molecule has 0 rings (SSSR count). The molecular weight excluding hydrogens is 332 g/mol. The molecule has 3 atom stereocenters. The molecular formula is C15H28N4O6. The van der Waals surface area contributed by atoms with Gasteiger partial charge in [-0.2, -0.15) is 0 Å². The van der Waals surface area contributed by atoms with E-state index in [1.54, 1.807) is 13.8 Å². The van der Waals surface area contributed by atoms with E-state index >= 15 is 0 Å². The van der Waals surface area contributed by atoms with Gasteiger partial charge in [-0.3, -0.25) is 14.4 Å². The number of hydrogen-bond donors (Lipinski definition) is 6. The summed E-state index contributed by atoms with van der Waals surface area (Å²) in [6.45, 7) is 3.69. The third-order valence-corrected chi connectivity index (χ3v) is 3.54. The van der Waals surface area contributed by atoms with Gasteiger partial charge < -0.3 is 32.3 Å². The van der Waals surface area contributed by atoms with Crippen LogP contribution in [0.4, 0.5) is 0 Å². The molecule has 10 heteroatoms. The summed E-state index contributed by atoms with van der Waals surface area (Å²) in [6, 6.07) is -3.42. The van der Waals surface area contributed by atoms with E-state index in [9.17, 15) is 19.2 Å². The summed E-state index contributed by atoms with van der Waals surface area (Å²) in [5.74, 6) is -4.22. The minimum absolute atomic E-state index is 0.235. The molecule has 3 unspecified atom stereocenters. The number of carbonyl (C=O) groups excluding carboxylic acids is 2. The first-order chi connectivity index (χ1) is 11.6. The van der Waals surface area contributed by atoms with Crippen molar-refractivity contribution >= 4 is 23.8 Å². The minimum atomic E-state index is -1.30. The minimum Gasteiger partial charge on any atom is -0.481 e. The molecule has 8 N–H and O–H groups in total. The van der Waals surface area contributed by atoms with Gasteiger partial charge in [0.25, 0.3) is 0 Å². The first-order valence-electron chi connectivity index (χ1n) is 8.11. The van der Waals surface area contributed by atoms with Crippen LogP contribution in [0.2, 0.25) is 0 Å². The van der Waals surface area contributed by atoms with Gasteiger partial charge in [0.2, 0.25) is 11.8 Å². The maximum absolute atomic E-state index is 12.4. The molecule has 0 spiro atoms. The molecule has 0 saturated heterocycles. The third kappa shape index (κ3) is 9.01. The smallest absolute Gasteiger partial charge is 0.326 e. The van der Waals surface area contributed by atoms with Gasteiger partial charge in [-0.15, -0.1) is 0 Å². The van der Waals surface area contributed by atoms with Crippen molar-refractivity contribution in [1.82, 2.24) is 10.6 Å². The van der Waals surface area contributed by atoms with E-state index in [0.717, 1.165) is 0 Å². The molecule has 144 valence electrons. The topological polar surface area (TPSA) is 185 Å². The van der Waals surface area contributed by atoms with Crippen LogP contribution in [0.15, 0.2) is 0 Å². The molecule has 0 aromatic carbocycles. The summed E-state index contributed by atoms with van der Waals surface area (Å²) in [6.07, 6.45) is 0.807. The van der Waals surface area contributed by atoms with E-state index < -0.39 is 48.3 Å². The Balaban J connectivity index is 5.01. The van der Waals surface area contributed by atoms with E-state index in [1.807, 2.05) is 0 Å². The lowest BCUT2D eigenvalue weighted by Crippen LogP contribution is -2.55. The highest BCUT2D eigenvalue weighted by Crippen LogP contribution is 2.06. The maximum Gasteiger partial charge on any atom is 0.326 e. The van der Waals surface area contributed by atoms with Gasteiger partial charge in [-0.25, -0.2) is 4.79 Å². The molecule has 0 radical (unpaired) electrons. The maximum atomic E-state index is 12.4. The Bertz CT molecular complexity index is 483. The Morgan fingerprint density at radius 2 is 1.60 bits per heavy atom. The van der Waals surface area contributed by atoms with Gasteiger partial charge in [0.15, 0.2) is 0 Å². The zero-order valence-corrected chi connectivity index (χ0v) is 14.5. The van der Waals surface area contributed by atoms with E-state index in [0.29, 0.717) is 19.4 Å². The lowest BCUT2D eigenvalue weighted by molar-refractivity contribution is -0.144. The van der Waals surface area contributed by atoms with Gasteiger partial charge in [0, 0.05) is 0 Å². The first kappa shape index (κ1) is 22.8. The van der Waals surface area contributed by atoms with Crippen molar-refractivity contribution in [3.05, 3.63) is 0 Å². The van der Waals surface area contributed by atoms with Crippen LogP contribution >= 0.6 is 0 Å². The predicted molar refractivity (Wildman–Crippen MR) is 89.5 cm³/mol. The number of nitrogens with one attached hydrogen (secondary N) is 2. The van der Waals surface area contributed by atoms with Gasteiger partial charge in [-0.1, -0.05) is 13.8 Å². The average Bonchev–Trinajstić information content (AvgIpc) is 2.49. The molecule has 0 aromatic rings. The number of nitrogens with two attached hydrogens (primary N) is 2. The van der Waals surface area contributed by atoms with Crippen molar-refractivity contribution in [2.45, 2.75) is 57.7 Å². The average molecular weight is 360 g/mol. The molecule has 25 heavy (non-hydrogen) atoms. The van der Waals surface area contributed by atoms with Crippen molar-refractivity contribution in [3.63, 3.8) is 0 Å². The first-order valence-corrected chi connectivity index (χ1v) is 8.11. The number of carboxylic acid groups (broad SMARTS) is 2. The van der Waals surface area contributed by atoms with Gasteiger partial charge in [0.05, 0.1) is 12.5 Å². The van der Waals surface area contributed by atoms with Crippen molar-refractivity contribution < 1.29 is 29.4 Å². The molecule has 0 aliphatic carbocycles. The Labute approximate surface area is 146 Å². The van der Waals surface area contributed by atoms with Crippen LogP contribution in [0.3, 0.4) is 0 Å². The fourth-order valence-electron chi connectivity index (χ4n) is 2.09. The second kappa shape index (κ2) is 11.4. The Morgan fingerprint density at radius 1 is 1.00 bits per heavy atom. The zero-order chi connectivity index (χ0) is 19.6. The summed E-state index contributed by atoms with van der Waals surface area (Å²) in [7, 11) is 0. The van der Waals surface area contributed by atoms with Crippen LogP contribution in [-0.4, -0.2) is 58.6 Å². The summed E-state index contributed by atoms with van der Waals surface area (Å²) in [5, 5.41) is 22.6. The highest BCUT2D eigenvalue weighted by atomic mass is 16.4. The number of amides is 2. The van der Waals surface area contributed by atoms with Crippen LogP contribution in [0.5, 0.6) is 0 Å². The summed E-state index contributed by atoms with van der Waals surface area (Å²) in [4.78, 5) is 46.1. The monoisotopic (exact) mass is 360 g/mol. The Morgan fingerprint density at radius 3 is 2.04 bits per heavy atom. The fraction of sp³-hybridized carbons (Fsp3) is 0.733. The lowest BCUT2D eigenvalue weighted by atomic mass is 10.0. The molecule has 0 fully saturated rings. The second-order valence-corrected chi connectivity index (χ2v) is 6.12. The molecule has 10 nitrogen and oxygen atoms in total. The normalized spacial score (nSPS) is 14.4. The van der Waals surface area contributed by atoms with Crippen molar-refractivity contribution in [2.75, 3.05) is 6.54 Å². The Kier molecular flexibility index (Phi) is 10.4. The summed E-state index contributed by atoms with van der Waals surface area (Å²) >= 11 is 0. The third-order valence-electron chi connectivity index (χ3n) is 3.54. The number of hydrogen-bond acceptors (Lipinski definition) is 6. The number of rotatable bonds is 12.